The van der Waals surface area contributed by atoms with Gasteiger partial charge in [-0.3, -0.25) is 0 Å². The van der Waals surface area contributed by atoms with Crippen molar-refractivity contribution in [1.82, 2.24) is 5.32 Å². The van der Waals surface area contributed by atoms with Gasteiger partial charge in [-0.15, -0.1) is 0 Å². The van der Waals surface area contributed by atoms with Gasteiger partial charge in [0, 0.05) is 6.04 Å². The quantitative estimate of drug-likeness (QED) is 0.802. The zero-order valence-corrected chi connectivity index (χ0v) is 11.0. The van der Waals surface area contributed by atoms with Crippen LogP contribution in [0.4, 0.5) is 0 Å². The Morgan fingerprint density at radius 1 is 1.40 bits per heavy atom. The third-order valence-corrected chi connectivity index (χ3v) is 4.83. The molecule has 0 spiro atoms. The Hall–Kier alpha value is -0.0900. The molecule has 90 valence electrons. The molecule has 0 aromatic carbocycles. The van der Waals surface area contributed by atoms with Gasteiger partial charge in [0.2, 0.25) is 0 Å². The summed E-state index contributed by atoms with van der Waals surface area (Å²) < 4.78 is 22.8. The van der Waals surface area contributed by atoms with E-state index in [4.69, 9.17) is 0 Å². The predicted octanol–water partition coefficient (Wildman–Crippen LogP) is 1.45. The van der Waals surface area contributed by atoms with Crippen LogP contribution in [0.15, 0.2) is 0 Å². The zero-order valence-electron chi connectivity index (χ0n) is 10.2. The molecular formula is C11H23NO2S. The molecule has 1 fully saturated rings. The van der Waals surface area contributed by atoms with Gasteiger partial charge in [-0.2, -0.15) is 0 Å². The van der Waals surface area contributed by atoms with Gasteiger partial charge in [-0.1, -0.05) is 20.8 Å². The van der Waals surface area contributed by atoms with Crippen LogP contribution in [0.25, 0.3) is 0 Å². The highest BCUT2D eigenvalue weighted by Crippen LogP contribution is 2.29. The molecule has 2 unspecified atom stereocenters. The highest BCUT2D eigenvalue weighted by molar-refractivity contribution is 7.91. The second kappa shape index (κ2) is 4.42. The van der Waals surface area contributed by atoms with Crippen molar-refractivity contribution in [1.29, 1.82) is 0 Å². The lowest BCUT2D eigenvalue weighted by molar-refractivity contribution is 0.268. The number of nitrogens with one attached hydrogen (secondary N) is 1. The van der Waals surface area contributed by atoms with Crippen LogP contribution in [-0.4, -0.2) is 33.0 Å². The molecule has 1 aliphatic heterocycles. The topological polar surface area (TPSA) is 46.2 Å². The van der Waals surface area contributed by atoms with Crippen molar-refractivity contribution in [2.24, 2.45) is 11.3 Å². The molecule has 0 aromatic heterocycles. The minimum absolute atomic E-state index is 0.250. The summed E-state index contributed by atoms with van der Waals surface area (Å²) in [5.41, 5.74) is 0.250. The van der Waals surface area contributed by atoms with Gasteiger partial charge in [0.1, 0.15) is 0 Å². The first-order valence-electron chi connectivity index (χ1n) is 5.61. The molecule has 0 amide bonds. The normalized spacial score (nSPS) is 27.9. The summed E-state index contributed by atoms with van der Waals surface area (Å²) >= 11 is 0. The summed E-state index contributed by atoms with van der Waals surface area (Å²) in [6.07, 6.45) is 1.85. The standard InChI is InChI=1S/C11H23NO2S/c1-11(2,3)7-10(12-4)9-5-6-15(13,14)8-9/h9-10,12H,5-8H2,1-4H3. The maximum Gasteiger partial charge on any atom is 0.150 e. The Morgan fingerprint density at radius 3 is 2.33 bits per heavy atom. The highest BCUT2D eigenvalue weighted by atomic mass is 32.2. The van der Waals surface area contributed by atoms with Gasteiger partial charge < -0.3 is 5.32 Å². The van der Waals surface area contributed by atoms with Crippen LogP contribution in [0.5, 0.6) is 0 Å². The largest absolute Gasteiger partial charge is 0.317 e. The first kappa shape index (κ1) is 13.0. The lowest BCUT2D eigenvalue weighted by Gasteiger charge is -2.29. The molecule has 2 atom stereocenters. The lowest BCUT2D eigenvalue weighted by Crippen LogP contribution is -2.37. The Morgan fingerprint density at radius 2 is 2.00 bits per heavy atom. The second-order valence-corrected chi connectivity index (χ2v) is 8.05. The zero-order chi connectivity index (χ0) is 11.7. The van der Waals surface area contributed by atoms with Crippen LogP contribution < -0.4 is 5.32 Å². The van der Waals surface area contributed by atoms with Gasteiger partial charge in [0.25, 0.3) is 0 Å². The van der Waals surface area contributed by atoms with E-state index in [0.29, 0.717) is 23.5 Å². The molecule has 0 bridgehead atoms. The van der Waals surface area contributed by atoms with Gasteiger partial charge >= 0.3 is 0 Å². The van der Waals surface area contributed by atoms with Gasteiger partial charge in [0.15, 0.2) is 9.84 Å². The molecule has 0 saturated carbocycles. The van der Waals surface area contributed by atoms with Crippen molar-refractivity contribution < 1.29 is 8.42 Å². The monoisotopic (exact) mass is 233 g/mol. The van der Waals surface area contributed by atoms with Crippen molar-refractivity contribution in [2.45, 2.75) is 39.7 Å². The van der Waals surface area contributed by atoms with Crippen LogP contribution in [0.3, 0.4) is 0 Å². The van der Waals surface area contributed by atoms with Crippen LogP contribution >= 0.6 is 0 Å². The van der Waals surface area contributed by atoms with Crippen molar-refractivity contribution in [3.8, 4) is 0 Å². The third kappa shape index (κ3) is 4.11. The fourth-order valence-corrected chi connectivity index (χ4v) is 4.19. The van der Waals surface area contributed by atoms with E-state index in [1.54, 1.807) is 0 Å². The average Bonchev–Trinajstić information content (AvgIpc) is 2.40. The maximum atomic E-state index is 11.4. The first-order chi connectivity index (χ1) is 6.73. The van der Waals surface area contributed by atoms with Crippen molar-refractivity contribution in [3.05, 3.63) is 0 Å². The van der Waals surface area contributed by atoms with Gasteiger partial charge in [0.05, 0.1) is 11.5 Å². The predicted molar refractivity (Wildman–Crippen MR) is 63.7 cm³/mol. The molecule has 0 aliphatic carbocycles. The summed E-state index contributed by atoms with van der Waals surface area (Å²) in [4.78, 5) is 0. The van der Waals surface area contributed by atoms with E-state index >= 15 is 0 Å². The molecule has 0 aromatic rings. The fraction of sp³-hybridized carbons (Fsp3) is 1.00. The van der Waals surface area contributed by atoms with Crippen molar-refractivity contribution in [3.63, 3.8) is 0 Å². The molecule has 3 nitrogen and oxygen atoms in total. The van der Waals surface area contributed by atoms with E-state index < -0.39 is 9.84 Å². The summed E-state index contributed by atoms with van der Waals surface area (Å²) in [5, 5.41) is 3.27. The summed E-state index contributed by atoms with van der Waals surface area (Å²) in [6, 6.07) is 0.335. The minimum Gasteiger partial charge on any atom is -0.317 e. The molecule has 1 aliphatic rings. The van der Waals surface area contributed by atoms with Crippen LogP contribution in [0, 0.1) is 11.3 Å². The molecule has 15 heavy (non-hydrogen) atoms. The smallest absolute Gasteiger partial charge is 0.150 e. The number of hydrogen-bond acceptors (Lipinski definition) is 3. The fourth-order valence-electron chi connectivity index (χ4n) is 2.31. The third-order valence-electron chi connectivity index (χ3n) is 3.04. The second-order valence-electron chi connectivity index (χ2n) is 5.82. The highest BCUT2D eigenvalue weighted by Gasteiger charge is 2.34. The van der Waals surface area contributed by atoms with Crippen molar-refractivity contribution >= 4 is 9.84 Å². The van der Waals surface area contributed by atoms with E-state index in [1.807, 2.05) is 7.05 Å². The number of sulfone groups is 1. The number of hydrogen-bond donors (Lipinski definition) is 1. The van der Waals surface area contributed by atoms with E-state index in [2.05, 4.69) is 26.1 Å². The Bertz CT molecular complexity index is 303. The van der Waals surface area contributed by atoms with E-state index in [1.165, 1.54) is 0 Å². The van der Waals surface area contributed by atoms with E-state index in [0.717, 1.165) is 12.8 Å². The van der Waals surface area contributed by atoms with Crippen LogP contribution in [0.2, 0.25) is 0 Å². The molecule has 4 heteroatoms. The summed E-state index contributed by atoms with van der Waals surface area (Å²) in [6.45, 7) is 6.59. The van der Waals surface area contributed by atoms with E-state index in [9.17, 15) is 8.42 Å². The molecule has 1 N–H and O–H groups in total. The maximum absolute atomic E-state index is 11.4. The molecule has 0 radical (unpaired) electrons. The van der Waals surface area contributed by atoms with Crippen LogP contribution in [-0.2, 0) is 9.84 Å². The SMILES string of the molecule is CNC(CC(C)(C)C)C1CCS(=O)(=O)C1. The Kier molecular flexibility index (Phi) is 3.82. The minimum atomic E-state index is -2.75. The van der Waals surface area contributed by atoms with Gasteiger partial charge in [-0.05, 0) is 31.2 Å². The van der Waals surface area contributed by atoms with Crippen LogP contribution in [0.1, 0.15) is 33.6 Å². The van der Waals surface area contributed by atoms with E-state index in [-0.39, 0.29) is 5.41 Å². The molecule has 1 rings (SSSR count). The average molecular weight is 233 g/mol. The molecule has 1 saturated heterocycles. The Balaban J connectivity index is 2.61. The summed E-state index contributed by atoms with van der Waals surface area (Å²) in [7, 11) is -0.814. The first-order valence-corrected chi connectivity index (χ1v) is 7.43. The summed E-state index contributed by atoms with van der Waals surface area (Å²) in [5.74, 6) is 1.05. The van der Waals surface area contributed by atoms with Crippen molar-refractivity contribution in [2.75, 3.05) is 18.6 Å². The van der Waals surface area contributed by atoms with Gasteiger partial charge in [-0.25, -0.2) is 8.42 Å². The molecule has 1 heterocycles. The lowest BCUT2D eigenvalue weighted by atomic mass is 9.83. The number of rotatable bonds is 3. The Labute approximate surface area is 93.6 Å². The molecular weight excluding hydrogens is 210 g/mol.